The molecule has 4 nitrogen and oxygen atoms in total. The Bertz CT molecular complexity index is 655. The number of nitrogens with zero attached hydrogens (tertiary/aromatic N) is 1. The quantitative estimate of drug-likeness (QED) is 0.841. The molecule has 0 saturated carbocycles. The third-order valence-corrected chi connectivity index (χ3v) is 5.61. The van der Waals surface area contributed by atoms with Crippen molar-refractivity contribution in [3.8, 4) is 11.8 Å². The molecule has 2 rings (SSSR count). The zero-order valence-electron chi connectivity index (χ0n) is 11.8. The second-order valence-electron chi connectivity index (χ2n) is 5.04. The van der Waals surface area contributed by atoms with E-state index in [2.05, 4.69) is 11.8 Å². The van der Waals surface area contributed by atoms with Crippen molar-refractivity contribution in [3.63, 3.8) is 0 Å². The van der Waals surface area contributed by atoms with Gasteiger partial charge in [0.05, 0.1) is 4.90 Å². The molecule has 5 heteroatoms. The Balaban J connectivity index is 2.36. The van der Waals surface area contributed by atoms with Gasteiger partial charge in [0.25, 0.3) is 0 Å². The van der Waals surface area contributed by atoms with E-state index in [4.69, 9.17) is 5.11 Å². The second kappa shape index (κ2) is 5.96. The van der Waals surface area contributed by atoms with E-state index in [0.29, 0.717) is 11.4 Å². The van der Waals surface area contributed by atoms with Crippen LogP contribution < -0.4 is 0 Å². The minimum absolute atomic E-state index is 0.0640. The van der Waals surface area contributed by atoms with Crippen molar-refractivity contribution in [3.05, 3.63) is 29.3 Å². The standard InChI is InChI=1S/C15H19NO3S/c1-12-11-15(8-7-14(12)6-4-10-17)20(18,19)16-9-3-5-13(16)2/h7-8,11,13,17H,3,5,9-10H2,1-2H3. The lowest BCUT2D eigenvalue weighted by Gasteiger charge is -2.21. The molecule has 1 atom stereocenters. The molecule has 1 aliphatic heterocycles. The topological polar surface area (TPSA) is 57.6 Å². The molecule has 0 aromatic heterocycles. The maximum Gasteiger partial charge on any atom is 0.243 e. The second-order valence-corrected chi connectivity index (χ2v) is 6.93. The summed E-state index contributed by atoms with van der Waals surface area (Å²) in [6.07, 6.45) is 1.83. The van der Waals surface area contributed by atoms with Crippen LogP contribution in [0.3, 0.4) is 0 Å². The molecule has 108 valence electrons. The summed E-state index contributed by atoms with van der Waals surface area (Å²) in [4.78, 5) is 0.318. The minimum atomic E-state index is -3.41. The number of hydrogen-bond acceptors (Lipinski definition) is 3. The first-order chi connectivity index (χ1) is 9.46. The Morgan fingerprint density at radius 3 is 2.75 bits per heavy atom. The molecule has 0 amide bonds. The van der Waals surface area contributed by atoms with Crippen molar-refractivity contribution in [2.24, 2.45) is 0 Å². The molecule has 0 bridgehead atoms. The van der Waals surface area contributed by atoms with Crippen LogP contribution in [0.4, 0.5) is 0 Å². The normalized spacial score (nSPS) is 19.6. The van der Waals surface area contributed by atoms with Gasteiger partial charge in [-0.05, 0) is 50.5 Å². The summed E-state index contributed by atoms with van der Waals surface area (Å²) in [5.74, 6) is 5.38. The summed E-state index contributed by atoms with van der Waals surface area (Å²) in [5, 5.41) is 8.70. The van der Waals surface area contributed by atoms with Crippen LogP contribution in [-0.4, -0.2) is 37.0 Å². The van der Waals surface area contributed by atoms with Gasteiger partial charge in [0.2, 0.25) is 10.0 Å². The van der Waals surface area contributed by atoms with Gasteiger partial charge in [-0.1, -0.05) is 11.8 Å². The molecule has 20 heavy (non-hydrogen) atoms. The number of sulfonamides is 1. The Morgan fingerprint density at radius 1 is 1.45 bits per heavy atom. The molecule has 0 spiro atoms. The smallest absolute Gasteiger partial charge is 0.243 e. The third-order valence-electron chi connectivity index (χ3n) is 3.60. The zero-order valence-corrected chi connectivity index (χ0v) is 12.6. The van der Waals surface area contributed by atoms with E-state index in [1.165, 1.54) is 0 Å². The highest BCUT2D eigenvalue weighted by Crippen LogP contribution is 2.26. The summed E-state index contributed by atoms with van der Waals surface area (Å²) in [7, 11) is -3.41. The van der Waals surface area contributed by atoms with Gasteiger partial charge in [0.1, 0.15) is 6.61 Å². The van der Waals surface area contributed by atoms with Crippen molar-refractivity contribution in [1.29, 1.82) is 0 Å². The Labute approximate surface area is 120 Å². The lowest BCUT2D eigenvalue weighted by Crippen LogP contribution is -2.33. The molecule has 1 aromatic carbocycles. The molecule has 1 fully saturated rings. The van der Waals surface area contributed by atoms with Gasteiger partial charge in [-0.15, -0.1) is 0 Å². The number of aliphatic hydroxyl groups is 1. The first kappa shape index (κ1) is 15.0. The monoisotopic (exact) mass is 293 g/mol. The molecule has 1 heterocycles. The predicted molar refractivity (Wildman–Crippen MR) is 77.7 cm³/mol. The highest BCUT2D eigenvalue weighted by atomic mass is 32.2. The van der Waals surface area contributed by atoms with Crippen LogP contribution in [0.1, 0.15) is 30.9 Å². The summed E-state index contributed by atoms with van der Waals surface area (Å²) in [6.45, 7) is 4.16. The molecule has 1 unspecified atom stereocenters. The fourth-order valence-electron chi connectivity index (χ4n) is 2.47. The fourth-order valence-corrected chi connectivity index (χ4v) is 4.26. The summed E-state index contributed by atoms with van der Waals surface area (Å²) >= 11 is 0. The molecule has 1 aromatic rings. The minimum Gasteiger partial charge on any atom is -0.384 e. The van der Waals surface area contributed by atoms with Crippen LogP contribution >= 0.6 is 0 Å². The Kier molecular flexibility index (Phi) is 4.48. The van der Waals surface area contributed by atoms with Crippen molar-refractivity contribution >= 4 is 10.0 Å². The largest absolute Gasteiger partial charge is 0.384 e. The zero-order chi connectivity index (χ0) is 14.8. The highest BCUT2D eigenvalue weighted by molar-refractivity contribution is 7.89. The molecule has 1 aliphatic rings. The molecule has 0 aliphatic carbocycles. The van der Waals surface area contributed by atoms with Gasteiger partial charge < -0.3 is 5.11 Å². The maximum atomic E-state index is 12.6. The van der Waals surface area contributed by atoms with Crippen LogP contribution in [0.2, 0.25) is 0 Å². The summed E-state index contributed by atoms with van der Waals surface area (Å²) in [6, 6.07) is 5.01. The number of benzene rings is 1. The van der Waals surface area contributed by atoms with Crippen LogP contribution in [0.5, 0.6) is 0 Å². The van der Waals surface area contributed by atoms with Gasteiger partial charge in [-0.25, -0.2) is 8.42 Å². The first-order valence-corrected chi connectivity index (χ1v) is 8.13. The predicted octanol–water partition coefficient (Wildman–Crippen LogP) is 1.51. The highest BCUT2D eigenvalue weighted by Gasteiger charge is 2.32. The van der Waals surface area contributed by atoms with E-state index in [0.717, 1.165) is 24.0 Å². The fraction of sp³-hybridized carbons (Fsp3) is 0.467. The van der Waals surface area contributed by atoms with Gasteiger partial charge in [0.15, 0.2) is 0 Å². The first-order valence-electron chi connectivity index (χ1n) is 6.69. The van der Waals surface area contributed by atoms with E-state index in [-0.39, 0.29) is 12.6 Å². The number of aryl methyl sites for hydroxylation is 1. The Hall–Kier alpha value is -1.35. The average Bonchev–Trinajstić information content (AvgIpc) is 2.84. The van der Waals surface area contributed by atoms with Crippen LogP contribution in [-0.2, 0) is 10.0 Å². The van der Waals surface area contributed by atoms with Gasteiger partial charge in [0, 0.05) is 18.2 Å². The average molecular weight is 293 g/mol. The summed E-state index contributed by atoms with van der Waals surface area (Å²) in [5.41, 5.74) is 1.55. The molecular weight excluding hydrogens is 274 g/mol. The van der Waals surface area contributed by atoms with E-state index < -0.39 is 10.0 Å². The van der Waals surface area contributed by atoms with E-state index in [1.54, 1.807) is 22.5 Å². The van der Waals surface area contributed by atoms with Crippen LogP contribution in [0.25, 0.3) is 0 Å². The maximum absolute atomic E-state index is 12.6. The van der Waals surface area contributed by atoms with Crippen molar-refractivity contribution in [1.82, 2.24) is 4.31 Å². The van der Waals surface area contributed by atoms with Crippen molar-refractivity contribution in [2.75, 3.05) is 13.2 Å². The van der Waals surface area contributed by atoms with Gasteiger partial charge in [-0.2, -0.15) is 4.31 Å². The van der Waals surface area contributed by atoms with E-state index in [9.17, 15) is 8.42 Å². The molecule has 0 radical (unpaired) electrons. The number of hydrogen-bond donors (Lipinski definition) is 1. The lowest BCUT2D eigenvalue weighted by atomic mass is 10.1. The van der Waals surface area contributed by atoms with Gasteiger partial charge >= 0.3 is 0 Å². The van der Waals surface area contributed by atoms with Crippen LogP contribution in [0, 0.1) is 18.8 Å². The lowest BCUT2D eigenvalue weighted by molar-refractivity contribution is 0.350. The molecular formula is C15H19NO3S. The third kappa shape index (κ3) is 2.88. The Morgan fingerprint density at radius 2 is 2.20 bits per heavy atom. The van der Waals surface area contributed by atoms with Gasteiger partial charge in [-0.3, -0.25) is 0 Å². The summed E-state index contributed by atoms with van der Waals surface area (Å²) < 4.78 is 26.7. The van der Waals surface area contributed by atoms with Crippen molar-refractivity contribution < 1.29 is 13.5 Å². The van der Waals surface area contributed by atoms with Crippen LogP contribution in [0.15, 0.2) is 23.1 Å². The molecule has 1 saturated heterocycles. The van der Waals surface area contributed by atoms with E-state index >= 15 is 0 Å². The number of rotatable bonds is 2. The number of aliphatic hydroxyl groups excluding tert-OH is 1. The van der Waals surface area contributed by atoms with E-state index in [1.807, 2.05) is 13.8 Å². The SMILES string of the molecule is Cc1cc(S(=O)(=O)N2CCCC2C)ccc1C#CCO. The van der Waals surface area contributed by atoms with Crippen molar-refractivity contribution in [2.45, 2.75) is 37.6 Å². The molecule has 1 N–H and O–H groups in total.